The van der Waals surface area contributed by atoms with Crippen molar-refractivity contribution >= 4 is 29.1 Å². The Balaban J connectivity index is 2.67. The van der Waals surface area contributed by atoms with Gasteiger partial charge in [-0.05, 0) is 31.0 Å². The molecule has 0 aliphatic heterocycles. The average Bonchev–Trinajstić information content (AvgIpc) is 2.49. The number of aliphatic hydroxyl groups is 1. The Kier molecular flexibility index (Phi) is 7.91. The summed E-state index contributed by atoms with van der Waals surface area (Å²) in [6.07, 6.45) is 2.81. The number of nitrogens with zero attached hydrogens (tertiary/aromatic N) is 1. The Labute approximate surface area is 136 Å². The first kappa shape index (κ1) is 18.5. The second kappa shape index (κ2) is 9.43. The third kappa shape index (κ3) is 5.66. The molecule has 0 radical (unpaired) electrons. The quantitative estimate of drug-likeness (QED) is 0.597. The molecule has 2 N–H and O–H groups in total. The lowest BCUT2D eigenvalue weighted by Crippen LogP contribution is -2.41. The molecular formula is C16H23ClN2O3. The number of aliphatic hydroxyl groups excluding tert-OH is 1. The van der Waals surface area contributed by atoms with Gasteiger partial charge in [-0.2, -0.15) is 0 Å². The van der Waals surface area contributed by atoms with Crippen molar-refractivity contribution < 1.29 is 14.7 Å². The fourth-order valence-electron chi connectivity index (χ4n) is 1.99. The summed E-state index contributed by atoms with van der Waals surface area (Å²) in [5.74, 6) is -1.35. The van der Waals surface area contributed by atoms with Gasteiger partial charge in [0, 0.05) is 23.8 Å². The highest BCUT2D eigenvalue weighted by Gasteiger charge is 2.21. The number of hydrogen-bond donors (Lipinski definition) is 2. The number of unbranched alkanes of at least 4 members (excludes halogenated alkanes) is 2. The first-order valence-corrected chi connectivity index (χ1v) is 7.84. The van der Waals surface area contributed by atoms with Crippen molar-refractivity contribution in [1.82, 2.24) is 4.90 Å². The molecule has 0 spiro atoms. The van der Waals surface area contributed by atoms with E-state index in [0.29, 0.717) is 17.3 Å². The Morgan fingerprint density at radius 2 is 2.00 bits per heavy atom. The number of carbonyl (C=O) groups is 2. The molecule has 0 saturated heterocycles. The van der Waals surface area contributed by atoms with Gasteiger partial charge in [0.05, 0.1) is 6.61 Å². The van der Waals surface area contributed by atoms with Crippen LogP contribution in [0, 0.1) is 6.92 Å². The second-order valence-corrected chi connectivity index (χ2v) is 5.55. The highest BCUT2D eigenvalue weighted by atomic mass is 35.5. The fourth-order valence-corrected chi connectivity index (χ4v) is 2.17. The molecule has 1 rings (SSSR count). The lowest BCUT2D eigenvalue weighted by atomic mass is 10.2. The number of nitrogens with one attached hydrogen (secondary N) is 1. The van der Waals surface area contributed by atoms with E-state index in [9.17, 15) is 9.59 Å². The number of hydrogen-bond acceptors (Lipinski definition) is 3. The maximum atomic E-state index is 12.2. The van der Waals surface area contributed by atoms with E-state index in [1.807, 2.05) is 6.92 Å². The molecule has 1 aromatic rings. The van der Waals surface area contributed by atoms with Gasteiger partial charge in [-0.25, -0.2) is 0 Å². The van der Waals surface area contributed by atoms with E-state index in [-0.39, 0.29) is 13.2 Å². The number of aryl methyl sites for hydroxylation is 1. The highest BCUT2D eigenvalue weighted by molar-refractivity contribution is 6.39. The largest absolute Gasteiger partial charge is 0.395 e. The molecule has 0 unspecified atom stereocenters. The molecule has 0 aromatic heterocycles. The van der Waals surface area contributed by atoms with Crippen LogP contribution in [0.4, 0.5) is 5.69 Å². The highest BCUT2D eigenvalue weighted by Crippen LogP contribution is 2.19. The molecule has 22 heavy (non-hydrogen) atoms. The van der Waals surface area contributed by atoms with Crippen LogP contribution >= 0.6 is 11.6 Å². The summed E-state index contributed by atoms with van der Waals surface area (Å²) in [4.78, 5) is 25.6. The molecule has 0 heterocycles. The molecule has 1 aromatic carbocycles. The zero-order valence-electron chi connectivity index (χ0n) is 13.1. The van der Waals surface area contributed by atoms with Crippen LogP contribution in [0.1, 0.15) is 31.7 Å². The van der Waals surface area contributed by atoms with Crippen molar-refractivity contribution in [2.24, 2.45) is 0 Å². The molecule has 0 atom stereocenters. The van der Waals surface area contributed by atoms with Gasteiger partial charge < -0.3 is 15.3 Å². The first-order valence-electron chi connectivity index (χ1n) is 7.46. The van der Waals surface area contributed by atoms with Gasteiger partial charge in [0.1, 0.15) is 0 Å². The molecular weight excluding hydrogens is 304 g/mol. The molecule has 122 valence electrons. The zero-order chi connectivity index (χ0) is 16.5. The number of halogens is 1. The summed E-state index contributed by atoms with van der Waals surface area (Å²) in [6.45, 7) is 4.38. The Morgan fingerprint density at radius 3 is 2.59 bits per heavy atom. The van der Waals surface area contributed by atoms with Crippen LogP contribution in [0.3, 0.4) is 0 Å². The van der Waals surface area contributed by atoms with Gasteiger partial charge in [-0.15, -0.1) is 0 Å². The Bertz CT molecular complexity index is 520. The van der Waals surface area contributed by atoms with Crippen LogP contribution in [-0.2, 0) is 9.59 Å². The smallest absolute Gasteiger partial charge is 0.313 e. The van der Waals surface area contributed by atoms with Crippen molar-refractivity contribution in [2.75, 3.05) is 25.0 Å². The second-order valence-electron chi connectivity index (χ2n) is 5.14. The number of amides is 2. The van der Waals surface area contributed by atoms with Crippen molar-refractivity contribution in [3.63, 3.8) is 0 Å². The van der Waals surface area contributed by atoms with E-state index < -0.39 is 11.8 Å². The predicted octanol–water partition coefficient (Wildman–Crippen LogP) is 2.60. The topological polar surface area (TPSA) is 69.6 Å². The van der Waals surface area contributed by atoms with E-state index in [0.717, 1.165) is 24.8 Å². The lowest BCUT2D eigenvalue weighted by molar-refractivity contribution is -0.143. The third-order valence-electron chi connectivity index (χ3n) is 3.31. The van der Waals surface area contributed by atoms with Crippen molar-refractivity contribution in [3.8, 4) is 0 Å². The molecule has 0 saturated carbocycles. The predicted molar refractivity (Wildman–Crippen MR) is 88.0 cm³/mol. The maximum absolute atomic E-state index is 12.2. The summed E-state index contributed by atoms with van der Waals surface area (Å²) < 4.78 is 0. The molecule has 6 heteroatoms. The Hall–Kier alpha value is -1.59. The van der Waals surface area contributed by atoms with Crippen LogP contribution in [0.15, 0.2) is 18.2 Å². The van der Waals surface area contributed by atoms with Gasteiger partial charge in [0.15, 0.2) is 0 Å². The molecule has 2 amide bonds. The van der Waals surface area contributed by atoms with E-state index >= 15 is 0 Å². The lowest BCUT2D eigenvalue weighted by Gasteiger charge is -2.21. The molecule has 0 aliphatic rings. The minimum Gasteiger partial charge on any atom is -0.395 e. The fraction of sp³-hybridized carbons (Fsp3) is 0.500. The number of benzene rings is 1. The SMILES string of the molecule is CCCCCN(CCO)C(=O)C(=O)Nc1ccc(C)c(Cl)c1. The van der Waals surface area contributed by atoms with Crippen LogP contribution < -0.4 is 5.32 Å². The minimum atomic E-state index is -0.718. The molecule has 0 bridgehead atoms. The van der Waals surface area contributed by atoms with E-state index in [2.05, 4.69) is 12.2 Å². The molecule has 5 nitrogen and oxygen atoms in total. The summed E-state index contributed by atoms with van der Waals surface area (Å²) in [6, 6.07) is 5.07. The maximum Gasteiger partial charge on any atom is 0.313 e. The van der Waals surface area contributed by atoms with Crippen molar-refractivity contribution in [1.29, 1.82) is 0 Å². The standard InChI is InChI=1S/C16H23ClN2O3/c1-3-4-5-8-19(9-10-20)16(22)15(21)18-13-7-6-12(2)14(17)11-13/h6-7,11,20H,3-5,8-10H2,1-2H3,(H,18,21). The van der Waals surface area contributed by atoms with E-state index in [4.69, 9.17) is 16.7 Å². The van der Waals surface area contributed by atoms with Gasteiger partial charge >= 0.3 is 11.8 Å². The summed E-state index contributed by atoms with van der Waals surface area (Å²) in [7, 11) is 0. The van der Waals surface area contributed by atoms with Crippen LogP contribution in [0.25, 0.3) is 0 Å². The third-order valence-corrected chi connectivity index (χ3v) is 3.72. The van der Waals surface area contributed by atoms with Crippen LogP contribution in [0.2, 0.25) is 5.02 Å². The van der Waals surface area contributed by atoms with Gasteiger partial charge in [0.2, 0.25) is 0 Å². The summed E-state index contributed by atoms with van der Waals surface area (Å²) in [5.41, 5.74) is 1.37. The number of rotatable bonds is 7. The number of carbonyl (C=O) groups excluding carboxylic acids is 2. The summed E-state index contributed by atoms with van der Waals surface area (Å²) >= 11 is 5.99. The average molecular weight is 327 g/mol. The summed E-state index contributed by atoms with van der Waals surface area (Å²) in [5, 5.41) is 12.1. The Morgan fingerprint density at radius 1 is 1.27 bits per heavy atom. The first-order chi connectivity index (χ1) is 10.5. The zero-order valence-corrected chi connectivity index (χ0v) is 13.8. The van der Waals surface area contributed by atoms with E-state index in [1.165, 1.54) is 4.90 Å². The van der Waals surface area contributed by atoms with Crippen LogP contribution in [0.5, 0.6) is 0 Å². The van der Waals surface area contributed by atoms with Crippen LogP contribution in [-0.4, -0.2) is 41.5 Å². The monoisotopic (exact) mass is 326 g/mol. The van der Waals surface area contributed by atoms with E-state index in [1.54, 1.807) is 18.2 Å². The van der Waals surface area contributed by atoms with Gasteiger partial charge in [-0.1, -0.05) is 37.4 Å². The van der Waals surface area contributed by atoms with Gasteiger partial charge in [-0.3, -0.25) is 9.59 Å². The molecule has 0 aliphatic carbocycles. The normalized spacial score (nSPS) is 10.4. The number of anilines is 1. The van der Waals surface area contributed by atoms with Crippen molar-refractivity contribution in [2.45, 2.75) is 33.1 Å². The van der Waals surface area contributed by atoms with Gasteiger partial charge in [0.25, 0.3) is 0 Å². The van der Waals surface area contributed by atoms with Crippen molar-refractivity contribution in [3.05, 3.63) is 28.8 Å². The minimum absolute atomic E-state index is 0.157. The molecule has 0 fully saturated rings.